The number of rotatable bonds is 6. The number of carbonyl (C=O) groups is 1. The van der Waals surface area contributed by atoms with Crippen molar-refractivity contribution < 1.29 is 35.5 Å². The molecule has 0 bridgehead atoms. The third kappa shape index (κ3) is 5.68. The summed E-state index contributed by atoms with van der Waals surface area (Å²) in [7, 11) is -3.57. The molecule has 2 aliphatic rings. The number of hydrogen-bond donors (Lipinski definition) is 0. The highest BCUT2D eigenvalue weighted by Gasteiger charge is 2.38. The number of pyridine rings is 1. The van der Waals surface area contributed by atoms with Crippen molar-refractivity contribution in [3.05, 3.63) is 47.4 Å². The third-order valence-corrected chi connectivity index (χ3v) is 7.42. The molecule has 2 heterocycles. The zero-order valence-corrected chi connectivity index (χ0v) is 20.0. The van der Waals surface area contributed by atoms with Gasteiger partial charge in [-0.05, 0) is 37.1 Å². The molecular formula is C23H25F4N3O4S. The van der Waals surface area contributed by atoms with Gasteiger partial charge in [-0.15, -0.1) is 0 Å². The summed E-state index contributed by atoms with van der Waals surface area (Å²) in [4.78, 5) is 19.9. The number of amides is 1. The van der Waals surface area contributed by atoms with Gasteiger partial charge in [0.25, 0.3) is 5.91 Å². The Kier molecular flexibility index (Phi) is 6.45. The number of carbonyl (C=O) groups excluding carboxylic acids is 1. The molecule has 1 saturated carbocycles. The molecule has 1 aromatic carbocycles. The van der Waals surface area contributed by atoms with Crippen molar-refractivity contribution >= 4 is 21.6 Å². The van der Waals surface area contributed by atoms with Crippen LogP contribution in [0.25, 0.3) is 0 Å². The summed E-state index contributed by atoms with van der Waals surface area (Å²) in [5, 5.41) is 0. The summed E-state index contributed by atoms with van der Waals surface area (Å²) >= 11 is 0. The van der Waals surface area contributed by atoms with Gasteiger partial charge in [-0.2, -0.15) is 13.2 Å². The van der Waals surface area contributed by atoms with E-state index in [1.807, 2.05) is 0 Å². The number of alkyl halides is 3. The highest BCUT2D eigenvalue weighted by Crippen LogP contribution is 2.45. The van der Waals surface area contributed by atoms with Crippen LogP contribution in [0.5, 0.6) is 5.75 Å². The fourth-order valence-electron chi connectivity index (χ4n) is 3.75. The van der Waals surface area contributed by atoms with E-state index in [1.54, 1.807) is 0 Å². The number of aromatic nitrogens is 1. The van der Waals surface area contributed by atoms with Gasteiger partial charge in [-0.3, -0.25) is 4.79 Å². The number of sulfone groups is 1. The summed E-state index contributed by atoms with van der Waals surface area (Å²) in [6, 6.07) is 4.58. The first-order valence-electron chi connectivity index (χ1n) is 11.0. The molecule has 0 spiro atoms. The average molecular weight is 516 g/mol. The Labute approximate surface area is 200 Å². The molecule has 1 amide bonds. The molecule has 0 atom stereocenters. The van der Waals surface area contributed by atoms with Crippen molar-refractivity contribution in [2.75, 3.05) is 43.9 Å². The van der Waals surface area contributed by atoms with Crippen molar-refractivity contribution in [2.45, 2.75) is 30.8 Å². The summed E-state index contributed by atoms with van der Waals surface area (Å²) in [5.74, 6) is -1.46. The van der Waals surface area contributed by atoms with Gasteiger partial charge in [0.2, 0.25) is 0 Å². The lowest BCUT2D eigenvalue weighted by atomic mass is 10.1. The molecule has 35 heavy (non-hydrogen) atoms. The van der Waals surface area contributed by atoms with Crippen LogP contribution < -0.4 is 9.64 Å². The topological polar surface area (TPSA) is 79.8 Å². The second-order valence-electron chi connectivity index (χ2n) is 9.34. The standard InChI is InChI=1S/C23H25F4N3O4S/c1-22(5-6-22)14-34-19-4-3-16(35(2,32)33)12-17(19)21(31)30-9-7-29(8-10-30)20-18(24)11-15(13-28-20)23(25,26)27/h3-4,11-13H,5-10,14H2,1-2H3. The van der Waals surface area contributed by atoms with Crippen molar-refractivity contribution in [2.24, 2.45) is 5.41 Å². The maximum Gasteiger partial charge on any atom is 0.417 e. The Bertz CT molecular complexity index is 1240. The zero-order valence-electron chi connectivity index (χ0n) is 19.2. The molecule has 4 rings (SSSR count). The minimum Gasteiger partial charge on any atom is -0.492 e. The molecule has 7 nitrogen and oxygen atoms in total. The normalized spacial score (nSPS) is 17.9. The van der Waals surface area contributed by atoms with Crippen LogP contribution in [0.3, 0.4) is 0 Å². The van der Waals surface area contributed by atoms with E-state index in [4.69, 9.17) is 4.74 Å². The first-order chi connectivity index (χ1) is 16.3. The predicted octanol–water partition coefficient (Wildman–Crippen LogP) is 3.78. The minimum absolute atomic E-state index is 0.0134. The van der Waals surface area contributed by atoms with E-state index in [2.05, 4.69) is 11.9 Å². The van der Waals surface area contributed by atoms with E-state index in [1.165, 1.54) is 28.0 Å². The summed E-state index contributed by atoms with van der Waals surface area (Å²) < 4.78 is 82.7. The van der Waals surface area contributed by atoms with Crippen LogP contribution in [-0.2, 0) is 16.0 Å². The quantitative estimate of drug-likeness (QED) is 0.545. The molecule has 0 unspecified atom stereocenters. The van der Waals surface area contributed by atoms with Crippen LogP contribution in [-0.4, -0.2) is 63.3 Å². The Morgan fingerprint density at radius 1 is 1.14 bits per heavy atom. The first kappa shape index (κ1) is 25.2. The number of piperazine rings is 1. The Hall–Kier alpha value is -2.89. The Balaban J connectivity index is 1.50. The molecule has 12 heteroatoms. The summed E-state index contributed by atoms with van der Waals surface area (Å²) in [5.41, 5.74) is -1.02. The fraction of sp³-hybridized carbons (Fsp3) is 0.478. The van der Waals surface area contributed by atoms with E-state index in [0.29, 0.717) is 18.9 Å². The monoisotopic (exact) mass is 515 g/mol. The number of benzene rings is 1. The Morgan fingerprint density at radius 3 is 2.34 bits per heavy atom. The number of nitrogens with zero attached hydrogens (tertiary/aromatic N) is 3. The zero-order chi connectivity index (χ0) is 25.6. The number of halogens is 4. The van der Waals surface area contributed by atoms with Crippen LogP contribution >= 0.6 is 0 Å². The molecule has 1 saturated heterocycles. The molecule has 1 aliphatic carbocycles. The van der Waals surface area contributed by atoms with E-state index in [-0.39, 0.29) is 53.6 Å². The van der Waals surface area contributed by atoms with Gasteiger partial charge >= 0.3 is 6.18 Å². The summed E-state index contributed by atoms with van der Waals surface area (Å²) in [6.07, 6.45) is -1.06. The molecule has 1 aromatic heterocycles. The van der Waals surface area contributed by atoms with Gasteiger partial charge in [0.15, 0.2) is 21.5 Å². The lowest BCUT2D eigenvalue weighted by Crippen LogP contribution is -2.49. The van der Waals surface area contributed by atoms with Gasteiger partial charge in [0.1, 0.15) is 5.75 Å². The van der Waals surface area contributed by atoms with Gasteiger partial charge in [0.05, 0.1) is 22.6 Å². The number of anilines is 1. The average Bonchev–Trinajstić information content (AvgIpc) is 3.53. The van der Waals surface area contributed by atoms with Crippen LogP contribution in [0.15, 0.2) is 35.4 Å². The van der Waals surface area contributed by atoms with Gasteiger partial charge in [-0.1, -0.05) is 6.92 Å². The lowest BCUT2D eigenvalue weighted by Gasteiger charge is -2.35. The lowest BCUT2D eigenvalue weighted by molar-refractivity contribution is -0.138. The molecule has 190 valence electrons. The number of hydrogen-bond acceptors (Lipinski definition) is 6. The first-order valence-corrected chi connectivity index (χ1v) is 12.9. The van der Waals surface area contributed by atoms with Crippen molar-refractivity contribution in [3.8, 4) is 5.75 Å². The van der Waals surface area contributed by atoms with Gasteiger partial charge in [0, 0.05) is 44.0 Å². The predicted molar refractivity (Wildman–Crippen MR) is 120 cm³/mol. The molecule has 2 aromatic rings. The largest absolute Gasteiger partial charge is 0.492 e. The highest BCUT2D eigenvalue weighted by molar-refractivity contribution is 7.90. The van der Waals surface area contributed by atoms with E-state index in [0.717, 1.165) is 19.1 Å². The number of ether oxygens (including phenoxy) is 1. The van der Waals surface area contributed by atoms with E-state index < -0.39 is 33.3 Å². The van der Waals surface area contributed by atoms with E-state index in [9.17, 15) is 30.8 Å². The third-order valence-electron chi connectivity index (χ3n) is 6.30. The highest BCUT2D eigenvalue weighted by atomic mass is 32.2. The molecule has 0 radical (unpaired) electrons. The molecule has 0 N–H and O–H groups in total. The minimum atomic E-state index is -4.70. The van der Waals surface area contributed by atoms with Crippen LogP contribution in [0.4, 0.5) is 23.4 Å². The Morgan fingerprint density at radius 2 is 1.80 bits per heavy atom. The van der Waals surface area contributed by atoms with Crippen molar-refractivity contribution in [3.63, 3.8) is 0 Å². The van der Waals surface area contributed by atoms with Crippen molar-refractivity contribution in [1.29, 1.82) is 0 Å². The van der Waals surface area contributed by atoms with E-state index >= 15 is 0 Å². The smallest absolute Gasteiger partial charge is 0.417 e. The SMILES string of the molecule is CC1(COc2ccc(S(C)(=O)=O)cc2C(=O)N2CCN(c3ncc(C(F)(F)F)cc3F)CC2)CC1. The second kappa shape index (κ2) is 8.96. The van der Waals surface area contributed by atoms with Gasteiger partial charge < -0.3 is 14.5 Å². The fourth-order valence-corrected chi connectivity index (χ4v) is 4.40. The maximum atomic E-state index is 14.3. The van der Waals surface area contributed by atoms with Crippen molar-refractivity contribution in [1.82, 2.24) is 9.88 Å². The molecular weight excluding hydrogens is 490 g/mol. The second-order valence-corrected chi connectivity index (χ2v) is 11.4. The summed E-state index contributed by atoms with van der Waals surface area (Å²) in [6.45, 7) is 3.02. The van der Waals surface area contributed by atoms with Crippen LogP contribution in [0.2, 0.25) is 0 Å². The maximum absolute atomic E-state index is 14.3. The molecule has 1 aliphatic heterocycles. The molecule has 2 fully saturated rings. The van der Waals surface area contributed by atoms with Crippen LogP contribution in [0.1, 0.15) is 35.7 Å². The van der Waals surface area contributed by atoms with Gasteiger partial charge in [-0.25, -0.2) is 17.8 Å². The van der Waals surface area contributed by atoms with Crippen LogP contribution in [0, 0.1) is 11.2 Å².